The van der Waals surface area contributed by atoms with Crippen molar-refractivity contribution < 1.29 is 4.74 Å². The van der Waals surface area contributed by atoms with E-state index in [-0.39, 0.29) is 0 Å². The molecule has 2 N–H and O–H groups in total. The van der Waals surface area contributed by atoms with Crippen molar-refractivity contribution in [2.24, 2.45) is 5.73 Å². The number of aromatic nitrogens is 1. The van der Waals surface area contributed by atoms with Crippen molar-refractivity contribution in [3.05, 3.63) is 24.0 Å². The second kappa shape index (κ2) is 5.63. The van der Waals surface area contributed by atoms with Crippen molar-refractivity contribution in [2.75, 3.05) is 32.2 Å². The molecule has 0 unspecified atom stereocenters. The Morgan fingerprint density at radius 1 is 1.67 bits per heavy atom. The summed E-state index contributed by atoms with van der Waals surface area (Å²) in [4.78, 5) is 6.46. The van der Waals surface area contributed by atoms with Gasteiger partial charge in [-0.3, -0.25) is 4.98 Å². The molecular weight excluding hydrogens is 210 g/mol. The number of anilines is 1. The number of rotatable bonds is 5. The van der Waals surface area contributed by atoms with Gasteiger partial charge in [0, 0.05) is 32.6 Å². The smallest absolute Gasteiger partial charge is 0.122 e. The van der Waals surface area contributed by atoms with Gasteiger partial charge in [-0.1, -0.05) is 12.2 Å². The van der Waals surface area contributed by atoms with E-state index in [4.69, 9.17) is 22.7 Å². The summed E-state index contributed by atoms with van der Waals surface area (Å²) < 4.78 is 5.00. The number of likely N-dealkylation sites (N-methyl/N-ethyl adjacent to an activating group) is 1. The minimum Gasteiger partial charge on any atom is -0.388 e. The van der Waals surface area contributed by atoms with E-state index in [9.17, 15) is 0 Å². The lowest BCUT2D eigenvalue weighted by Crippen LogP contribution is -2.22. The lowest BCUT2D eigenvalue weighted by Gasteiger charge is -2.18. The van der Waals surface area contributed by atoms with Gasteiger partial charge in [0.25, 0.3) is 0 Å². The number of nitrogens with two attached hydrogens (primary N) is 1. The molecule has 0 radical (unpaired) electrons. The molecule has 0 aromatic carbocycles. The molecule has 0 atom stereocenters. The van der Waals surface area contributed by atoms with Gasteiger partial charge in [-0.2, -0.15) is 0 Å². The summed E-state index contributed by atoms with van der Waals surface area (Å²) in [5, 5.41) is 0. The Kier molecular flexibility index (Phi) is 4.45. The molecule has 5 heteroatoms. The highest BCUT2D eigenvalue weighted by Crippen LogP contribution is 2.12. The number of thiocarbonyl (C=S) groups is 1. The summed E-state index contributed by atoms with van der Waals surface area (Å²) in [6.07, 6.45) is 1.70. The van der Waals surface area contributed by atoms with Crippen LogP contribution in [0.1, 0.15) is 5.69 Å². The van der Waals surface area contributed by atoms with Crippen molar-refractivity contribution in [1.29, 1.82) is 0 Å². The minimum atomic E-state index is 0.317. The number of hydrogen-bond donors (Lipinski definition) is 1. The Labute approximate surface area is 95.0 Å². The molecule has 0 saturated carbocycles. The zero-order chi connectivity index (χ0) is 11.3. The van der Waals surface area contributed by atoms with E-state index in [1.54, 1.807) is 13.3 Å². The Hall–Kier alpha value is -1.20. The summed E-state index contributed by atoms with van der Waals surface area (Å²) in [5.74, 6) is 0. The maximum Gasteiger partial charge on any atom is 0.122 e. The molecule has 0 aliphatic rings. The average molecular weight is 225 g/mol. The van der Waals surface area contributed by atoms with Gasteiger partial charge in [0.1, 0.15) is 4.99 Å². The summed E-state index contributed by atoms with van der Waals surface area (Å²) in [6.45, 7) is 1.50. The molecule has 0 spiro atoms. The van der Waals surface area contributed by atoms with Crippen LogP contribution in [0.25, 0.3) is 0 Å². The second-order valence-electron chi connectivity index (χ2n) is 3.18. The van der Waals surface area contributed by atoms with Crippen LogP contribution in [-0.4, -0.2) is 37.3 Å². The molecule has 0 aliphatic heterocycles. The molecule has 1 rings (SSSR count). The lowest BCUT2D eigenvalue weighted by molar-refractivity contribution is 0.206. The Morgan fingerprint density at radius 3 is 3.00 bits per heavy atom. The summed E-state index contributed by atoms with van der Waals surface area (Å²) in [6, 6.07) is 3.79. The highest BCUT2D eigenvalue weighted by molar-refractivity contribution is 7.80. The molecular formula is C10H15N3OS. The van der Waals surface area contributed by atoms with Gasteiger partial charge in [0.05, 0.1) is 12.3 Å². The van der Waals surface area contributed by atoms with Crippen LogP contribution in [0.4, 0.5) is 5.69 Å². The highest BCUT2D eigenvalue weighted by Gasteiger charge is 2.03. The first kappa shape index (κ1) is 11.9. The largest absolute Gasteiger partial charge is 0.388 e. The van der Waals surface area contributed by atoms with Crippen molar-refractivity contribution in [1.82, 2.24) is 4.98 Å². The Morgan fingerprint density at radius 2 is 2.40 bits per heavy atom. The van der Waals surface area contributed by atoms with Crippen molar-refractivity contribution in [3.8, 4) is 0 Å². The number of methoxy groups -OCH3 is 1. The van der Waals surface area contributed by atoms with Crippen molar-refractivity contribution >= 4 is 22.9 Å². The van der Waals surface area contributed by atoms with E-state index in [0.717, 1.165) is 12.2 Å². The number of hydrogen-bond acceptors (Lipinski definition) is 4. The zero-order valence-corrected chi connectivity index (χ0v) is 9.75. The molecule has 1 heterocycles. The molecule has 0 aliphatic carbocycles. The third-order valence-corrected chi connectivity index (χ3v) is 2.28. The molecule has 1 aromatic rings. The quantitative estimate of drug-likeness (QED) is 0.751. The van der Waals surface area contributed by atoms with Crippen LogP contribution >= 0.6 is 12.2 Å². The second-order valence-corrected chi connectivity index (χ2v) is 3.62. The number of ether oxygens (including phenoxy) is 1. The molecule has 0 saturated heterocycles. The van der Waals surface area contributed by atoms with Gasteiger partial charge in [0.2, 0.25) is 0 Å². The van der Waals surface area contributed by atoms with Gasteiger partial charge in [-0.25, -0.2) is 0 Å². The fourth-order valence-corrected chi connectivity index (χ4v) is 1.26. The minimum absolute atomic E-state index is 0.317. The maximum absolute atomic E-state index is 5.51. The first-order chi connectivity index (χ1) is 7.15. The van der Waals surface area contributed by atoms with Gasteiger partial charge < -0.3 is 15.4 Å². The van der Waals surface area contributed by atoms with Crippen LogP contribution in [0.5, 0.6) is 0 Å². The van der Waals surface area contributed by atoms with E-state index in [0.29, 0.717) is 17.3 Å². The fourth-order valence-electron chi connectivity index (χ4n) is 1.15. The van der Waals surface area contributed by atoms with Crippen LogP contribution in [0.15, 0.2) is 18.3 Å². The van der Waals surface area contributed by atoms with Crippen LogP contribution < -0.4 is 10.6 Å². The first-order valence-corrected chi connectivity index (χ1v) is 5.02. The SMILES string of the molecule is COCCN(C)c1ccnc(C(N)=S)c1. The standard InChI is InChI=1S/C10H15N3OS/c1-13(5-6-14-2)8-3-4-12-9(7-8)10(11)15/h3-4,7H,5-6H2,1-2H3,(H2,11,15). The topological polar surface area (TPSA) is 51.4 Å². The first-order valence-electron chi connectivity index (χ1n) is 4.61. The van der Waals surface area contributed by atoms with Crippen molar-refractivity contribution in [3.63, 3.8) is 0 Å². The summed E-state index contributed by atoms with van der Waals surface area (Å²) >= 11 is 4.87. The van der Waals surface area contributed by atoms with E-state index < -0.39 is 0 Å². The van der Waals surface area contributed by atoms with Crippen LogP contribution in [-0.2, 0) is 4.74 Å². The van der Waals surface area contributed by atoms with Crippen molar-refractivity contribution in [2.45, 2.75) is 0 Å². The molecule has 82 valence electrons. The number of pyridine rings is 1. The Bertz CT molecular complexity index is 343. The van der Waals surface area contributed by atoms with E-state index >= 15 is 0 Å². The lowest BCUT2D eigenvalue weighted by atomic mass is 10.3. The van der Waals surface area contributed by atoms with Gasteiger partial charge in [-0.05, 0) is 12.1 Å². The van der Waals surface area contributed by atoms with E-state index in [1.165, 1.54) is 0 Å². The van der Waals surface area contributed by atoms with Gasteiger partial charge in [0.15, 0.2) is 0 Å². The molecule has 0 amide bonds. The third-order valence-electron chi connectivity index (χ3n) is 2.07. The van der Waals surface area contributed by atoms with Crippen LogP contribution in [0, 0.1) is 0 Å². The highest BCUT2D eigenvalue weighted by atomic mass is 32.1. The molecule has 0 bridgehead atoms. The predicted octanol–water partition coefficient (Wildman–Crippen LogP) is 0.798. The Balaban J connectivity index is 2.76. The third kappa shape index (κ3) is 3.45. The summed E-state index contributed by atoms with van der Waals surface area (Å²) in [7, 11) is 3.67. The van der Waals surface area contributed by atoms with Crippen LogP contribution in [0.2, 0.25) is 0 Å². The average Bonchev–Trinajstić information content (AvgIpc) is 2.26. The summed E-state index contributed by atoms with van der Waals surface area (Å²) in [5.41, 5.74) is 7.19. The van der Waals surface area contributed by atoms with Gasteiger partial charge >= 0.3 is 0 Å². The maximum atomic E-state index is 5.51. The molecule has 1 aromatic heterocycles. The van der Waals surface area contributed by atoms with Crippen LogP contribution in [0.3, 0.4) is 0 Å². The predicted molar refractivity (Wildman–Crippen MR) is 65.3 cm³/mol. The molecule has 4 nitrogen and oxygen atoms in total. The molecule has 15 heavy (non-hydrogen) atoms. The van der Waals surface area contributed by atoms with E-state index in [2.05, 4.69) is 9.88 Å². The zero-order valence-electron chi connectivity index (χ0n) is 8.93. The normalized spacial score (nSPS) is 10.0. The van der Waals surface area contributed by atoms with E-state index in [1.807, 2.05) is 19.2 Å². The number of nitrogens with zero attached hydrogens (tertiary/aromatic N) is 2. The monoisotopic (exact) mass is 225 g/mol. The molecule has 0 fully saturated rings. The van der Waals surface area contributed by atoms with Gasteiger partial charge in [-0.15, -0.1) is 0 Å². The fraction of sp³-hybridized carbons (Fsp3) is 0.400.